The van der Waals surface area contributed by atoms with Gasteiger partial charge in [-0.1, -0.05) is 37.3 Å². The third kappa shape index (κ3) is 2.30. The van der Waals surface area contributed by atoms with Gasteiger partial charge in [0.1, 0.15) is 0 Å². The Morgan fingerprint density at radius 2 is 2.12 bits per heavy atom. The zero-order chi connectivity index (χ0) is 12.3. The third-order valence-electron chi connectivity index (χ3n) is 3.44. The second-order valence-corrected chi connectivity index (χ2v) is 4.59. The van der Waals surface area contributed by atoms with E-state index in [9.17, 15) is 4.79 Å². The lowest BCUT2D eigenvalue weighted by atomic mass is 9.80. The number of carbonyl (C=O) groups excluding carboxylic acids is 1. The molecule has 2 amide bonds. The van der Waals surface area contributed by atoms with Gasteiger partial charge in [-0.25, -0.2) is 10.2 Å². The predicted molar refractivity (Wildman–Crippen MR) is 67.8 cm³/mol. The smallest absolute Gasteiger partial charge is 0.332 e. The van der Waals surface area contributed by atoms with E-state index in [4.69, 9.17) is 5.73 Å². The van der Waals surface area contributed by atoms with Gasteiger partial charge in [0.05, 0.1) is 0 Å². The van der Waals surface area contributed by atoms with Gasteiger partial charge in [0.25, 0.3) is 0 Å². The number of nitrogens with one attached hydrogen (secondary N) is 1. The molecule has 17 heavy (non-hydrogen) atoms. The van der Waals surface area contributed by atoms with Crippen molar-refractivity contribution in [2.45, 2.75) is 31.6 Å². The first kappa shape index (κ1) is 11.6. The van der Waals surface area contributed by atoms with Crippen LogP contribution in [0.25, 0.3) is 0 Å². The van der Waals surface area contributed by atoms with E-state index in [1.165, 1.54) is 5.56 Å². The number of amides is 2. The molecule has 1 aliphatic rings. The molecule has 4 heteroatoms. The standard InChI is InChI=1S/C13H17N3O/c1-13(10-6-3-2-4-7-10)9-5-8-11(13)15-16-12(14)17/h2-4,6-7H,5,8-9H2,1H3,(H3,14,16,17)/b15-11+/t13-/m1/s1. The number of nitrogens with zero attached hydrogens (tertiary/aromatic N) is 1. The van der Waals surface area contributed by atoms with Crippen molar-refractivity contribution in [3.63, 3.8) is 0 Å². The summed E-state index contributed by atoms with van der Waals surface area (Å²) in [6.45, 7) is 2.16. The number of hydrogen-bond acceptors (Lipinski definition) is 2. The van der Waals surface area contributed by atoms with E-state index in [0.29, 0.717) is 0 Å². The molecule has 1 saturated carbocycles. The van der Waals surface area contributed by atoms with E-state index >= 15 is 0 Å². The average Bonchev–Trinajstić information content (AvgIpc) is 2.70. The van der Waals surface area contributed by atoms with Crippen LogP contribution in [0.4, 0.5) is 4.79 Å². The summed E-state index contributed by atoms with van der Waals surface area (Å²) >= 11 is 0. The average molecular weight is 231 g/mol. The van der Waals surface area contributed by atoms with Crippen molar-refractivity contribution in [3.05, 3.63) is 35.9 Å². The Balaban J connectivity index is 2.29. The molecule has 0 radical (unpaired) electrons. The molecule has 2 rings (SSSR count). The molecule has 0 bridgehead atoms. The highest BCUT2D eigenvalue weighted by Crippen LogP contribution is 2.38. The first-order valence-electron chi connectivity index (χ1n) is 5.81. The van der Waals surface area contributed by atoms with Crippen LogP contribution in [0.3, 0.4) is 0 Å². The molecule has 0 unspecified atom stereocenters. The van der Waals surface area contributed by atoms with Crippen molar-refractivity contribution in [1.29, 1.82) is 0 Å². The summed E-state index contributed by atoms with van der Waals surface area (Å²) < 4.78 is 0. The molecule has 0 aromatic heterocycles. The lowest BCUT2D eigenvalue weighted by Crippen LogP contribution is -2.32. The fourth-order valence-electron chi connectivity index (χ4n) is 2.45. The van der Waals surface area contributed by atoms with Gasteiger partial charge in [-0.15, -0.1) is 0 Å². The first-order chi connectivity index (χ1) is 8.13. The number of primary amides is 1. The molecule has 1 fully saturated rings. The summed E-state index contributed by atoms with van der Waals surface area (Å²) in [5.41, 5.74) is 9.54. The van der Waals surface area contributed by atoms with Gasteiger partial charge in [0.15, 0.2) is 0 Å². The topological polar surface area (TPSA) is 67.5 Å². The molecule has 1 aliphatic carbocycles. The molecular weight excluding hydrogens is 214 g/mol. The van der Waals surface area contributed by atoms with Crippen LogP contribution < -0.4 is 11.2 Å². The third-order valence-corrected chi connectivity index (χ3v) is 3.44. The second-order valence-electron chi connectivity index (χ2n) is 4.59. The number of hydrazone groups is 1. The normalized spacial score (nSPS) is 26.1. The number of hydrogen-bond donors (Lipinski definition) is 2. The summed E-state index contributed by atoms with van der Waals surface area (Å²) in [4.78, 5) is 10.7. The second kappa shape index (κ2) is 4.57. The van der Waals surface area contributed by atoms with Crippen molar-refractivity contribution < 1.29 is 4.79 Å². The van der Waals surface area contributed by atoms with Gasteiger partial charge < -0.3 is 5.73 Å². The van der Waals surface area contributed by atoms with Gasteiger partial charge in [0, 0.05) is 11.1 Å². The zero-order valence-electron chi connectivity index (χ0n) is 9.94. The maximum Gasteiger partial charge on any atom is 0.332 e. The lowest BCUT2D eigenvalue weighted by Gasteiger charge is -2.25. The molecule has 1 atom stereocenters. The maximum atomic E-state index is 10.7. The quantitative estimate of drug-likeness (QED) is 0.752. The minimum absolute atomic E-state index is 0.0797. The van der Waals surface area contributed by atoms with Crippen molar-refractivity contribution in [1.82, 2.24) is 5.43 Å². The summed E-state index contributed by atoms with van der Waals surface area (Å²) in [6, 6.07) is 9.65. The molecule has 90 valence electrons. The largest absolute Gasteiger partial charge is 0.350 e. The van der Waals surface area contributed by atoms with E-state index in [1.807, 2.05) is 18.2 Å². The van der Waals surface area contributed by atoms with Gasteiger partial charge >= 0.3 is 6.03 Å². The first-order valence-corrected chi connectivity index (χ1v) is 5.81. The lowest BCUT2D eigenvalue weighted by molar-refractivity contribution is 0.249. The van der Waals surface area contributed by atoms with E-state index < -0.39 is 6.03 Å². The van der Waals surface area contributed by atoms with Crippen LogP contribution in [-0.2, 0) is 5.41 Å². The summed E-state index contributed by atoms with van der Waals surface area (Å²) in [6.07, 6.45) is 3.05. The van der Waals surface area contributed by atoms with E-state index in [0.717, 1.165) is 25.0 Å². The molecule has 1 aromatic rings. The fourth-order valence-corrected chi connectivity index (χ4v) is 2.45. The number of rotatable bonds is 2. The highest BCUT2D eigenvalue weighted by atomic mass is 16.2. The predicted octanol–water partition coefficient (Wildman–Crippen LogP) is 2.15. The van der Waals surface area contributed by atoms with Crippen LogP contribution in [0.2, 0.25) is 0 Å². The van der Waals surface area contributed by atoms with Crippen molar-refractivity contribution >= 4 is 11.7 Å². The number of urea groups is 1. The Labute approximate surface area is 101 Å². The Morgan fingerprint density at radius 3 is 2.76 bits per heavy atom. The van der Waals surface area contributed by atoms with Gasteiger partial charge in [-0.2, -0.15) is 5.10 Å². The zero-order valence-corrected chi connectivity index (χ0v) is 9.94. The maximum absolute atomic E-state index is 10.7. The Hall–Kier alpha value is -1.84. The molecule has 1 aromatic carbocycles. The minimum Gasteiger partial charge on any atom is -0.350 e. The molecule has 0 heterocycles. The van der Waals surface area contributed by atoms with Crippen LogP contribution in [0.5, 0.6) is 0 Å². The highest BCUT2D eigenvalue weighted by Gasteiger charge is 2.37. The van der Waals surface area contributed by atoms with Crippen LogP contribution >= 0.6 is 0 Å². The van der Waals surface area contributed by atoms with Crippen molar-refractivity contribution in [2.75, 3.05) is 0 Å². The molecule has 0 spiro atoms. The molecule has 0 saturated heterocycles. The highest BCUT2D eigenvalue weighted by molar-refractivity contribution is 5.97. The molecule has 4 nitrogen and oxygen atoms in total. The van der Waals surface area contributed by atoms with Crippen LogP contribution in [0, 0.1) is 0 Å². The van der Waals surface area contributed by atoms with Gasteiger partial charge in [-0.05, 0) is 24.8 Å². The Bertz CT molecular complexity index is 441. The Morgan fingerprint density at radius 1 is 1.41 bits per heavy atom. The van der Waals surface area contributed by atoms with E-state index in [-0.39, 0.29) is 5.41 Å². The van der Waals surface area contributed by atoms with Crippen molar-refractivity contribution in [2.24, 2.45) is 10.8 Å². The molecule has 3 N–H and O–H groups in total. The number of carbonyl (C=O) groups is 1. The SMILES string of the molecule is C[C@]1(c2ccccc2)CCC/C1=N\NC(N)=O. The summed E-state index contributed by atoms with van der Waals surface area (Å²) in [7, 11) is 0. The van der Waals surface area contributed by atoms with Gasteiger partial charge in [-0.3, -0.25) is 0 Å². The van der Waals surface area contributed by atoms with Crippen LogP contribution in [-0.4, -0.2) is 11.7 Å². The summed E-state index contributed by atoms with van der Waals surface area (Å²) in [5.74, 6) is 0. The van der Waals surface area contributed by atoms with Crippen LogP contribution in [0.15, 0.2) is 35.4 Å². The van der Waals surface area contributed by atoms with E-state index in [1.54, 1.807) is 0 Å². The fraction of sp³-hybridized carbons (Fsp3) is 0.385. The summed E-state index contributed by atoms with van der Waals surface area (Å²) in [5, 5.41) is 4.14. The number of benzene rings is 1. The number of nitrogens with two attached hydrogens (primary N) is 1. The minimum atomic E-state index is -0.611. The Kier molecular flexibility index (Phi) is 3.13. The monoisotopic (exact) mass is 231 g/mol. The van der Waals surface area contributed by atoms with Crippen LogP contribution in [0.1, 0.15) is 31.7 Å². The van der Waals surface area contributed by atoms with Crippen molar-refractivity contribution in [3.8, 4) is 0 Å². The van der Waals surface area contributed by atoms with Gasteiger partial charge in [0.2, 0.25) is 0 Å². The molecular formula is C13H17N3O. The van der Waals surface area contributed by atoms with E-state index in [2.05, 4.69) is 29.6 Å². The molecule has 0 aliphatic heterocycles.